The summed E-state index contributed by atoms with van der Waals surface area (Å²) in [6, 6.07) is 8.26. The van der Waals surface area contributed by atoms with Gasteiger partial charge in [-0.25, -0.2) is 4.39 Å². The first-order valence-electron chi connectivity index (χ1n) is 14.2. The van der Waals surface area contributed by atoms with Crippen LogP contribution in [0.2, 0.25) is 0 Å². The highest BCUT2D eigenvalue weighted by Crippen LogP contribution is 2.43. The summed E-state index contributed by atoms with van der Waals surface area (Å²) >= 11 is 2.35. The predicted octanol–water partition coefficient (Wildman–Crippen LogP) is 6.71. The van der Waals surface area contributed by atoms with Crippen LogP contribution in [0.3, 0.4) is 0 Å². The van der Waals surface area contributed by atoms with Crippen LogP contribution in [0.15, 0.2) is 30.3 Å². The minimum absolute atomic E-state index is 0.0838. The van der Waals surface area contributed by atoms with Gasteiger partial charge in [0.25, 0.3) is 0 Å². The number of hydrogen-bond donors (Lipinski definition) is 2. The molecule has 45 heavy (non-hydrogen) atoms. The highest BCUT2D eigenvalue weighted by Gasteiger charge is 2.42. The van der Waals surface area contributed by atoms with E-state index in [2.05, 4.69) is 0 Å². The van der Waals surface area contributed by atoms with Crippen molar-refractivity contribution in [3.8, 4) is 23.0 Å². The maximum atomic E-state index is 15.6. The fraction of sp³-hybridized carbons (Fsp3) is 0.375. The number of methoxy groups -OCH3 is 2. The number of ether oxygens (including phenoxy) is 4. The number of benzene rings is 2. The molecular formula is C32H31FO10S2. The zero-order chi connectivity index (χ0) is 32.4. The zero-order valence-corrected chi connectivity index (χ0v) is 26.3. The quantitative estimate of drug-likeness (QED) is 0.104. The van der Waals surface area contributed by atoms with Gasteiger partial charge >= 0.3 is 11.9 Å². The number of carboxylic acid groups (broad SMARTS) is 2. The van der Waals surface area contributed by atoms with Crippen molar-refractivity contribution < 1.29 is 52.7 Å². The topological polar surface area (TPSA) is 146 Å². The van der Waals surface area contributed by atoms with Gasteiger partial charge in [0.2, 0.25) is 0 Å². The van der Waals surface area contributed by atoms with Crippen molar-refractivity contribution in [2.75, 3.05) is 27.4 Å². The molecule has 0 saturated heterocycles. The predicted molar refractivity (Wildman–Crippen MR) is 166 cm³/mol. The van der Waals surface area contributed by atoms with Crippen molar-refractivity contribution in [1.29, 1.82) is 0 Å². The molecule has 5 rings (SSSR count). The van der Waals surface area contributed by atoms with Crippen LogP contribution < -0.4 is 18.9 Å². The lowest BCUT2D eigenvalue weighted by atomic mass is 9.71. The summed E-state index contributed by atoms with van der Waals surface area (Å²) in [5, 5.41) is 19.4. The minimum atomic E-state index is -1.03. The van der Waals surface area contributed by atoms with Gasteiger partial charge in [-0.1, -0.05) is 6.92 Å². The normalized spacial score (nSPS) is 16.6. The van der Waals surface area contributed by atoms with Crippen molar-refractivity contribution in [1.82, 2.24) is 0 Å². The number of ketones is 2. The minimum Gasteiger partial charge on any atom is -0.493 e. The molecule has 1 saturated carbocycles. The van der Waals surface area contributed by atoms with Gasteiger partial charge in [0.1, 0.15) is 0 Å². The summed E-state index contributed by atoms with van der Waals surface area (Å²) in [7, 11) is 2.89. The van der Waals surface area contributed by atoms with E-state index in [9.17, 15) is 24.3 Å². The Kier molecular flexibility index (Phi) is 9.59. The van der Waals surface area contributed by atoms with Crippen LogP contribution >= 0.6 is 22.7 Å². The van der Waals surface area contributed by atoms with Crippen molar-refractivity contribution in [3.05, 3.63) is 45.9 Å². The van der Waals surface area contributed by atoms with Gasteiger partial charge in [-0.3, -0.25) is 19.2 Å². The second kappa shape index (κ2) is 13.4. The average Bonchev–Trinajstić information content (AvgIpc) is 3.60. The number of fused-ring (bicyclic) bond motifs is 2. The van der Waals surface area contributed by atoms with Crippen LogP contribution in [0.4, 0.5) is 4.39 Å². The number of carboxylic acids is 2. The first-order valence-corrected chi connectivity index (χ1v) is 15.9. The van der Waals surface area contributed by atoms with Crippen LogP contribution in [0.1, 0.15) is 52.0 Å². The van der Waals surface area contributed by atoms with Crippen molar-refractivity contribution in [2.24, 2.45) is 17.8 Å². The number of carbonyl (C=O) groups excluding carboxylic acids is 2. The largest absolute Gasteiger partial charge is 0.493 e. The maximum Gasteiger partial charge on any atom is 0.307 e. The molecule has 1 aliphatic carbocycles. The summed E-state index contributed by atoms with van der Waals surface area (Å²) in [4.78, 5) is 48.8. The summed E-state index contributed by atoms with van der Waals surface area (Å²) in [6.07, 6.45) is 1.22. The maximum absolute atomic E-state index is 15.6. The number of thiophene rings is 2. The Morgan fingerprint density at radius 3 is 2.18 bits per heavy atom. The van der Waals surface area contributed by atoms with E-state index in [4.69, 9.17) is 24.1 Å². The van der Waals surface area contributed by atoms with Crippen LogP contribution in [-0.2, 0) is 9.59 Å². The molecule has 13 heteroatoms. The second-order valence-corrected chi connectivity index (χ2v) is 13.0. The number of halogens is 1. The van der Waals surface area contributed by atoms with E-state index in [1.165, 1.54) is 38.5 Å². The lowest BCUT2D eigenvalue weighted by molar-refractivity contribution is -0.146. The number of hydrogen-bond acceptors (Lipinski definition) is 10. The van der Waals surface area contributed by atoms with E-state index in [1.54, 1.807) is 24.3 Å². The van der Waals surface area contributed by atoms with Gasteiger partial charge in [-0.2, -0.15) is 0 Å². The van der Waals surface area contributed by atoms with Crippen LogP contribution in [0.25, 0.3) is 20.2 Å². The summed E-state index contributed by atoms with van der Waals surface area (Å²) in [5.74, 6) is -4.36. The Balaban J connectivity index is 1.23. The number of aliphatic carboxylic acids is 2. The van der Waals surface area contributed by atoms with E-state index in [0.29, 0.717) is 45.2 Å². The third-order valence-corrected chi connectivity index (χ3v) is 10.1. The molecule has 4 aromatic rings. The molecule has 0 aliphatic heterocycles. The zero-order valence-electron chi connectivity index (χ0n) is 24.7. The van der Waals surface area contributed by atoms with E-state index >= 15 is 4.39 Å². The van der Waals surface area contributed by atoms with Crippen LogP contribution in [-0.4, -0.2) is 61.2 Å². The van der Waals surface area contributed by atoms with Gasteiger partial charge in [-0.05, 0) is 36.4 Å². The molecular weight excluding hydrogens is 627 g/mol. The lowest BCUT2D eigenvalue weighted by Gasteiger charge is -2.31. The first-order chi connectivity index (χ1) is 21.5. The molecule has 10 nitrogen and oxygen atoms in total. The SMILES string of the molecule is COc1cc2sc(C(=O)C[C@H](C)C(=O)O)cc2cc1OCCCOc1c(OC)cc2sc(C(=O)[C@@H]3CC[C@H]3C(=O)O)cc2c1F. The Morgan fingerprint density at radius 2 is 1.53 bits per heavy atom. The second-order valence-electron chi connectivity index (χ2n) is 10.8. The van der Waals surface area contributed by atoms with E-state index in [-0.39, 0.29) is 48.1 Å². The fourth-order valence-corrected chi connectivity index (χ4v) is 7.25. The van der Waals surface area contributed by atoms with Gasteiger partial charge < -0.3 is 29.2 Å². The smallest absolute Gasteiger partial charge is 0.307 e. The first kappa shape index (κ1) is 32.2. The highest BCUT2D eigenvalue weighted by molar-refractivity contribution is 7.21. The van der Waals surface area contributed by atoms with E-state index in [0.717, 1.165) is 21.4 Å². The third-order valence-electron chi connectivity index (χ3n) is 7.86. The molecule has 238 valence electrons. The molecule has 0 unspecified atom stereocenters. The standard InChI is InChI=1S/C32H31FO10S2/c1-15(31(36)37)9-20(34)26-11-16-10-22(21(40-2)13-24(16)44-26)42-7-4-8-43-30-23(41-3)14-25-19(28(30)33)12-27(45-25)29(35)17-5-6-18(17)32(38)39/h10-15,17-18H,4-9H2,1-3H3,(H,36,37)(H,38,39)/t15-,17+,18+/m0/s1. The Morgan fingerprint density at radius 1 is 0.867 bits per heavy atom. The van der Waals surface area contributed by atoms with Crippen molar-refractivity contribution in [2.45, 2.75) is 32.6 Å². The van der Waals surface area contributed by atoms with Gasteiger partial charge in [0.15, 0.2) is 40.4 Å². The molecule has 1 aliphatic rings. The van der Waals surface area contributed by atoms with Gasteiger partial charge in [0.05, 0.1) is 49.0 Å². The van der Waals surface area contributed by atoms with Crippen molar-refractivity contribution >= 4 is 66.4 Å². The Labute approximate surface area is 265 Å². The van der Waals surface area contributed by atoms with Gasteiger partial charge in [0, 0.05) is 45.7 Å². The fourth-order valence-electron chi connectivity index (χ4n) is 5.14. The Hall–Kier alpha value is -4.23. The monoisotopic (exact) mass is 658 g/mol. The molecule has 1 fully saturated rings. The van der Waals surface area contributed by atoms with Crippen molar-refractivity contribution in [3.63, 3.8) is 0 Å². The summed E-state index contributed by atoms with van der Waals surface area (Å²) in [5.41, 5.74) is 0. The number of carbonyl (C=O) groups is 4. The van der Waals surface area contributed by atoms with E-state index in [1.807, 2.05) is 0 Å². The molecule has 0 bridgehead atoms. The molecule has 0 amide bonds. The van der Waals surface area contributed by atoms with E-state index < -0.39 is 35.5 Å². The molecule has 2 N–H and O–H groups in total. The molecule has 0 spiro atoms. The molecule has 0 radical (unpaired) electrons. The highest BCUT2D eigenvalue weighted by atomic mass is 32.1. The summed E-state index contributed by atoms with van der Waals surface area (Å²) < 4.78 is 39.4. The average molecular weight is 659 g/mol. The van der Waals surface area contributed by atoms with Gasteiger partial charge in [-0.15, -0.1) is 22.7 Å². The summed E-state index contributed by atoms with van der Waals surface area (Å²) in [6.45, 7) is 1.77. The molecule has 3 atom stereocenters. The molecule has 2 aromatic heterocycles. The molecule has 2 aromatic carbocycles. The number of Topliss-reactive ketones (excluding diaryl/α,β-unsaturated/α-hetero) is 2. The molecule has 2 heterocycles. The number of rotatable bonds is 15. The Bertz CT molecular complexity index is 1790. The third kappa shape index (κ3) is 6.59. The lowest BCUT2D eigenvalue weighted by Crippen LogP contribution is -2.37. The van der Waals surface area contributed by atoms with Crippen LogP contribution in [0, 0.1) is 23.6 Å². The van der Waals surface area contributed by atoms with Crippen LogP contribution in [0.5, 0.6) is 23.0 Å².